The summed E-state index contributed by atoms with van der Waals surface area (Å²) in [5.41, 5.74) is 6.22. The summed E-state index contributed by atoms with van der Waals surface area (Å²) in [6, 6.07) is 6.83. The number of hydrogen-bond acceptors (Lipinski definition) is 6. The fourth-order valence-electron chi connectivity index (χ4n) is 3.78. The molecule has 0 bridgehead atoms. The first-order chi connectivity index (χ1) is 15.1. The van der Waals surface area contributed by atoms with Crippen molar-refractivity contribution < 1.29 is 18.0 Å². The zero-order chi connectivity index (χ0) is 23.0. The van der Waals surface area contributed by atoms with Gasteiger partial charge in [-0.3, -0.25) is 9.59 Å². The van der Waals surface area contributed by atoms with Crippen molar-refractivity contribution in [1.29, 1.82) is 0 Å². The van der Waals surface area contributed by atoms with Gasteiger partial charge in [0.25, 0.3) is 11.5 Å². The standard InChI is InChI=1S/C21H19F3N6O2/c1-29-17(31)9-8-15(28-29)19(32)30-10-2-3-16(30)18-14(11-26-20(25)27-18)12-4-6-13(7-5-12)21(22,23)24/h4-9,11,16H,2-3,10H2,1H3,(H2,25,26,27)/t16-/m0/s1. The van der Waals surface area contributed by atoms with E-state index in [0.29, 0.717) is 36.2 Å². The number of anilines is 1. The van der Waals surface area contributed by atoms with Crippen molar-refractivity contribution in [3.63, 3.8) is 0 Å². The van der Waals surface area contributed by atoms with Gasteiger partial charge in [-0.1, -0.05) is 12.1 Å². The number of halogens is 3. The van der Waals surface area contributed by atoms with Crippen molar-refractivity contribution in [2.75, 3.05) is 12.3 Å². The summed E-state index contributed by atoms with van der Waals surface area (Å²) in [6.45, 7) is 0.435. The lowest BCUT2D eigenvalue weighted by Crippen LogP contribution is -2.33. The first-order valence-corrected chi connectivity index (χ1v) is 9.80. The molecule has 0 spiro atoms. The molecule has 0 saturated carbocycles. The number of aryl methyl sites for hydroxylation is 1. The minimum atomic E-state index is -4.45. The summed E-state index contributed by atoms with van der Waals surface area (Å²) in [6.07, 6.45) is -1.72. The van der Waals surface area contributed by atoms with Crippen molar-refractivity contribution in [2.24, 2.45) is 7.05 Å². The van der Waals surface area contributed by atoms with E-state index >= 15 is 0 Å². The lowest BCUT2D eigenvalue weighted by Gasteiger charge is -2.26. The third-order valence-corrected chi connectivity index (χ3v) is 5.37. The molecule has 1 aliphatic heterocycles. The van der Waals surface area contributed by atoms with Crippen LogP contribution in [-0.4, -0.2) is 37.1 Å². The Morgan fingerprint density at radius 2 is 1.88 bits per heavy atom. The Labute approximate surface area is 180 Å². The first-order valence-electron chi connectivity index (χ1n) is 9.80. The molecule has 32 heavy (non-hydrogen) atoms. The van der Waals surface area contributed by atoms with Gasteiger partial charge < -0.3 is 10.6 Å². The lowest BCUT2D eigenvalue weighted by molar-refractivity contribution is -0.137. The molecule has 1 aromatic carbocycles. The Balaban J connectivity index is 1.72. The van der Waals surface area contributed by atoms with E-state index < -0.39 is 17.8 Å². The van der Waals surface area contributed by atoms with E-state index in [0.717, 1.165) is 16.8 Å². The van der Waals surface area contributed by atoms with Crippen LogP contribution in [-0.2, 0) is 13.2 Å². The van der Waals surface area contributed by atoms with Gasteiger partial charge in [0.05, 0.1) is 17.3 Å². The van der Waals surface area contributed by atoms with Crippen LogP contribution in [0.5, 0.6) is 0 Å². The predicted octanol–water partition coefficient (Wildman–Crippen LogP) is 2.82. The number of hydrogen-bond donors (Lipinski definition) is 1. The van der Waals surface area contributed by atoms with Gasteiger partial charge in [-0.05, 0) is 36.6 Å². The number of carbonyl (C=O) groups excluding carboxylic acids is 1. The van der Waals surface area contributed by atoms with Gasteiger partial charge in [-0.15, -0.1) is 0 Å². The topological polar surface area (TPSA) is 107 Å². The number of amides is 1. The van der Waals surface area contributed by atoms with Gasteiger partial charge in [0.2, 0.25) is 5.95 Å². The second-order valence-electron chi connectivity index (χ2n) is 7.44. The Morgan fingerprint density at radius 1 is 1.16 bits per heavy atom. The SMILES string of the molecule is Cn1nc(C(=O)N2CCC[C@H]2c2nc(N)ncc2-c2ccc(C(F)(F)F)cc2)ccc1=O. The van der Waals surface area contributed by atoms with Crippen LogP contribution in [0.4, 0.5) is 19.1 Å². The van der Waals surface area contributed by atoms with Gasteiger partial charge >= 0.3 is 6.18 Å². The molecule has 1 amide bonds. The average molecular weight is 444 g/mol. The second kappa shape index (κ2) is 8.06. The molecule has 0 unspecified atom stereocenters. The molecule has 166 valence electrons. The summed E-state index contributed by atoms with van der Waals surface area (Å²) < 4.78 is 39.9. The molecule has 4 rings (SSSR count). The van der Waals surface area contributed by atoms with Gasteiger partial charge in [0.1, 0.15) is 5.69 Å². The van der Waals surface area contributed by atoms with Crippen LogP contribution >= 0.6 is 0 Å². The molecule has 2 aromatic heterocycles. The first kappa shape index (κ1) is 21.5. The Hall–Kier alpha value is -3.76. The average Bonchev–Trinajstić information content (AvgIpc) is 3.24. The number of nitrogen functional groups attached to an aromatic ring is 1. The number of rotatable bonds is 3. The van der Waals surface area contributed by atoms with E-state index in [9.17, 15) is 22.8 Å². The summed E-state index contributed by atoms with van der Waals surface area (Å²) in [5.74, 6) is -0.381. The maximum absolute atomic E-state index is 13.1. The number of likely N-dealkylation sites (tertiary alicyclic amines) is 1. The third-order valence-electron chi connectivity index (χ3n) is 5.37. The Kier molecular flexibility index (Phi) is 5.41. The highest BCUT2D eigenvalue weighted by Crippen LogP contribution is 2.38. The van der Waals surface area contributed by atoms with Crippen molar-refractivity contribution in [1.82, 2.24) is 24.6 Å². The molecule has 3 aromatic rings. The zero-order valence-electron chi connectivity index (χ0n) is 17.0. The van der Waals surface area contributed by atoms with Gasteiger partial charge in [0.15, 0.2) is 0 Å². The van der Waals surface area contributed by atoms with Crippen LogP contribution in [0.1, 0.15) is 40.6 Å². The summed E-state index contributed by atoms with van der Waals surface area (Å²) >= 11 is 0. The number of alkyl halides is 3. The Bertz CT molecular complexity index is 1220. The number of aromatic nitrogens is 4. The van der Waals surface area contributed by atoms with Crippen molar-refractivity contribution in [3.8, 4) is 11.1 Å². The van der Waals surface area contributed by atoms with Crippen LogP contribution in [0.3, 0.4) is 0 Å². The minimum absolute atomic E-state index is 0.00445. The molecule has 3 heterocycles. The molecular weight excluding hydrogens is 425 g/mol. The second-order valence-corrected chi connectivity index (χ2v) is 7.44. The van der Waals surface area contributed by atoms with Gasteiger partial charge in [-0.2, -0.15) is 18.3 Å². The fraction of sp³-hybridized carbons (Fsp3) is 0.286. The third kappa shape index (κ3) is 4.05. The van der Waals surface area contributed by atoms with E-state index in [4.69, 9.17) is 5.73 Å². The fourth-order valence-corrected chi connectivity index (χ4v) is 3.78. The largest absolute Gasteiger partial charge is 0.416 e. The molecule has 1 fully saturated rings. The molecule has 1 aliphatic rings. The Morgan fingerprint density at radius 3 is 2.53 bits per heavy atom. The number of benzene rings is 1. The van der Waals surface area contributed by atoms with E-state index in [1.807, 2.05) is 0 Å². The normalized spacial score (nSPS) is 16.4. The monoisotopic (exact) mass is 444 g/mol. The molecule has 2 N–H and O–H groups in total. The molecule has 1 atom stereocenters. The van der Waals surface area contributed by atoms with Crippen molar-refractivity contribution in [2.45, 2.75) is 25.1 Å². The van der Waals surface area contributed by atoms with Crippen molar-refractivity contribution in [3.05, 3.63) is 69.9 Å². The summed E-state index contributed by atoms with van der Waals surface area (Å²) in [4.78, 5) is 34.7. The van der Waals surface area contributed by atoms with Crippen LogP contribution < -0.4 is 11.3 Å². The maximum Gasteiger partial charge on any atom is 0.416 e. The minimum Gasteiger partial charge on any atom is -0.368 e. The predicted molar refractivity (Wildman–Crippen MR) is 109 cm³/mol. The molecule has 0 radical (unpaired) electrons. The van der Waals surface area contributed by atoms with E-state index in [1.165, 1.54) is 37.5 Å². The molecule has 1 saturated heterocycles. The van der Waals surface area contributed by atoms with Crippen LogP contribution in [0.25, 0.3) is 11.1 Å². The van der Waals surface area contributed by atoms with Gasteiger partial charge in [0, 0.05) is 31.4 Å². The molecule has 8 nitrogen and oxygen atoms in total. The summed E-state index contributed by atoms with van der Waals surface area (Å²) in [7, 11) is 1.45. The van der Waals surface area contributed by atoms with Crippen molar-refractivity contribution >= 4 is 11.9 Å². The van der Waals surface area contributed by atoms with E-state index in [1.54, 1.807) is 4.90 Å². The van der Waals surface area contributed by atoms with Gasteiger partial charge in [-0.25, -0.2) is 14.6 Å². The highest BCUT2D eigenvalue weighted by atomic mass is 19.4. The highest BCUT2D eigenvalue weighted by Gasteiger charge is 2.35. The number of nitrogens with zero attached hydrogens (tertiary/aromatic N) is 5. The van der Waals surface area contributed by atoms with Crippen LogP contribution in [0.15, 0.2) is 47.4 Å². The summed E-state index contributed by atoms with van der Waals surface area (Å²) in [5, 5.41) is 4.03. The number of nitrogens with two attached hydrogens (primary N) is 1. The molecular formula is C21H19F3N6O2. The van der Waals surface area contributed by atoms with Crippen LogP contribution in [0, 0.1) is 0 Å². The van der Waals surface area contributed by atoms with Crippen LogP contribution in [0.2, 0.25) is 0 Å². The quantitative estimate of drug-likeness (QED) is 0.666. The molecule has 0 aliphatic carbocycles. The van der Waals surface area contributed by atoms with E-state index in [2.05, 4.69) is 15.1 Å². The van der Waals surface area contributed by atoms with E-state index in [-0.39, 0.29) is 23.1 Å². The maximum atomic E-state index is 13.1. The smallest absolute Gasteiger partial charge is 0.368 e. The lowest BCUT2D eigenvalue weighted by atomic mass is 9.98. The zero-order valence-corrected chi connectivity index (χ0v) is 17.0. The highest BCUT2D eigenvalue weighted by molar-refractivity contribution is 5.92. The molecule has 11 heteroatoms. The number of carbonyl (C=O) groups is 1.